The molecule has 0 aliphatic carbocycles. The molecule has 0 saturated carbocycles. The molecule has 0 N–H and O–H groups in total. The molecule has 0 aliphatic rings. The molecule has 0 spiro atoms. The van der Waals surface area contributed by atoms with Gasteiger partial charge in [0.2, 0.25) is 0 Å². The Kier molecular flexibility index (Phi) is 3.82. The number of hydrogen-bond acceptors (Lipinski definition) is 0. The molecule has 0 aromatic heterocycles. The van der Waals surface area contributed by atoms with Crippen molar-refractivity contribution in [3.8, 4) is 0 Å². The van der Waals surface area contributed by atoms with Gasteiger partial charge in [-0.25, -0.2) is 10.2 Å². The van der Waals surface area contributed by atoms with E-state index < -0.39 is 5.41 Å². The van der Waals surface area contributed by atoms with Crippen molar-refractivity contribution in [3.63, 3.8) is 0 Å². The maximum Gasteiger partial charge on any atom is 0.0901 e. The molecule has 2 radical (unpaired) electrons. The second kappa shape index (κ2) is 3.85. The lowest BCUT2D eigenvalue weighted by Crippen LogP contribution is -2.26. The predicted molar refractivity (Wildman–Crippen MR) is 34.1 cm³/mol. The van der Waals surface area contributed by atoms with E-state index in [1.54, 1.807) is 0 Å². The first-order valence-corrected chi connectivity index (χ1v) is 3.41. The SMILES string of the molecule is CCC(CC)(C[O])C[O]. The molecular formula is C7H14O2. The van der Waals surface area contributed by atoms with Crippen LogP contribution in [-0.4, -0.2) is 13.2 Å². The van der Waals surface area contributed by atoms with Gasteiger partial charge in [0.25, 0.3) is 0 Å². The molecule has 0 aromatic carbocycles. The zero-order valence-electron chi connectivity index (χ0n) is 6.14. The van der Waals surface area contributed by atoms with Gasteiger partial charge < -0.3 is 0 Å². The first kappa shape index (κ1) is 8.92. The quantitative estimate of drug-likeness (QED) is 0.555. The molecule has 0 rings (SSSR count). The number of rotatable bonds is 4. The van der Waals surface area contributed by atoms with Crippen molar-refractivity contribution >= 4 is 0 Å². The Morgan fingerprint density at radius 3 is 1.33 bits per heavy atom. The fourth-order valence-corrected chi connectivity index (χ4v) is 0.700. The zero-order chi connectivity index (χ0) is 7.33. The Hall–Kier alpha value is -0.0800. The highest BCUT2D eigenvalue weighted by Crippen LogP contribution is 2.24. The van der Waals surface area contributed by atoms with Gasteiger partial charge in [0.1, 0.15) is 0 Å². The van der Waals surface area contributed by atoms with Crippen LogP contribution in [0.5, 0.6) is 0 Å². The highest BCUT2D eigenvalue weighted by Gasteiger charge is 2.25. The Labute approximate surface area is 56.5 Å². The molecule has 54 valence electrons. The van der Waals surface area contributed by atoms with Crippen LogP contribution in [-0.2, 0) is 10.2 Å². The third kappa shape index (κ3) is 1.95. The van der Waals surface area contributed by atoms with Crippen molar-refractivity contribution in [1.29, 1.82) is 0 Å². The van der Waals surface area contributed by atoms with Crippen molar-refractivity contribution in [2.24, 2.45) is 5.41 Å². The van der Waals surface area contributed by atoms with E-state index >= 15 is 0 Å². The largest absolute Gasteiger partial charge is 0.236 e. The second-order valence-corrected chi connectivity index (χ2v) is 2.50. The minimum atomic E-state index is -0.444. The van der Waals surface area contributed by atoms with E-state index in [1.165, 1.54) is 0 Å². The smallest absolute Gasteiger partial charge is 0.0901 e. The van der Waals surface area contributed by atoms with Gasteiger partial charge in [-0.1, -0.05) is 13.8 Å². The fraction of sp³-hybridized carbons (Fsp3) is 1.00. The van der Waals surface area contributed by atoms with Gasteiger partial charge in [-0.15, -0.1) is 0 Å². The van der Waals surface area contributed by atoms with Crippen molar-refractivity contribution in [1.82, 2.24) is 0 Å². The Bertz CT molecular complexity index is 49.8. The van der Waals surface area contributed by atoms with Crippen LogP contribution in [0.3, 0.4) is 0 Å². The standard InChI is InChI=1S/C7H14O2/c1-3-7(4-2,5-8)6-9/h3-6H2,1-2H3. The van der Waals surface area contributed by atoms with Crippen LogP contribution in [0, 0.1) is 5.41 Å². The normalized spacial score (nSPS) is 12.0. The van der Waals surface area contributed by atoms with E-state index in [4.69, 9.17) is 0 Å². The molecule has 0 saturated heterocycles. The molecule has 0 aromatic rings. The second-order valence-electron chi connectivity index (χ2n) is 2.50. The highest BCUT2D eigenvalue weighted by atomic mass is 16.3. The van der Waals surface area contributed by atoms with E-state index in [2.05, 4.69) is 0 Å². The predicted octanol–water partition coefficient (Wildman–Crippen LogP) is 1.65. The summed E-state index contributed by atoms with van der Waals surface area (Å²) in [4.78, 5) is 0. The lowest BCUT2D eigenvalue weighted by atomic mass is 9.84. The monoisotopic (exact) mass is 130 g/mol. The molecule has 0 fully saturated rings. The van der Waals surface area contributed by atoms with E-state index in [0.717, 1.165) is 12.8 Å². The molecule has 0 atom stereocenters. The van der Waals surface area contributed by atoms with E-state index in [-0.39, 0.29) is 13.2 Å². The molecule has 0 heterocycles. The summed E-state index contributed by atoms with van der Waals surface area (Å²) in [7, 11) is 0. The summed E-state index contributed by atoms with van der Waals surface area (Å²) in [6, 6.07) is 0. The third-order valence-electron chi connectivity index (χ3n) is 2.11. The minimum absolute atomic E-state index is 0.219. The summed E-state index contributed by atoms with van der Waals surface area (Å²) in [6.45, 7) is 3.37. The average molecular weight is 130 g/mol. The van der Waals surface area contributed by atoms with Gasteiger partial charge in [0, 0.05) is 5.41 Å². The summed E-state index contributed by atoms with van der Waals surface area (Å²) in [5.74, 6) is 0. The lowest BCUT2D eigenvalue weighted by molar-refractivity contribution is -0.0110. The average Bonchev–Trinajstić information content (AvgIpc) is 1.95. The first-order chi connectivity index (χ1) is 4.24. The summed E-state index contributed by atoms with van der Waals surface area (Å²) < 4.78 is 0. The van der Waals surface area contributed by atoms with Gasteiger partial charge in [-0.3, -0.25) is 0 Å². The van der Waals surface area contributed by atoms with Crippen molar-refractivity contribution in [3.05, 3.63) is 0 Å². The topological polar surface area (TPSA) is 39.8 Å². The molecule has 0 aliphatic heterocycles. The molecule has 2 heteroatoms. The molecular weight excluding hydrogens is 116 g/mol. The van der Waals surface area contributed by atoms with Gasteiger partial charge in [0.15, 0.2) is 0 Å². The minimum Gasteiger partial charge on any atom is -0.236 e. The Balaban J connectivity index is 3.82. The van der Waals surface area contributed by atoms with Crippen LogP contribution in [0.4, 0.5) is 0 Å². The summed E-state index contributed by atoms with van der Waals surface area (Å²) in [5, 5.41) is 20.9. The van der Waals surface area contributed by atoms with Crippen molar-refractivity contribution in [2.45, 2.75) is 26.7 Å². The van der Waals surface area contributed by atoms with Crippen LogP contribution >= 0.6 is 0 Å². The summed E-state index contributed by atoms with van der Waals surface area (Å²) in [6.07, 6.45) is 1.44. The van der Waals surface area contributed by atoms with E-state index in [9.17, 15) is 10.2 Å². The van der Waals surface area contributed by atoms with Crippen molar-refractivity contribution in [2.75, 3.05) is 13.2 Å². The van der Waals surface area contributed by atoms with Crippen LogP contribution < -0.4 is 0 Å². The van der Waals surface area contributed by atoms with Crippen LogP contribution in [0.25, 0.3) is 0 Å². The molecule has 0 amide bonds. The molecule has 0 unspecified atom stereocenters. The van der Waals surface area contributed by atoms with Gasteiger partial charge in [0.05, 0.1) is 13.2 Å². The maximum atomic E-state index is 10.4. The van der Waals surface area contributed by atoms with Gasteiger partial charge in [-0.2, -0.15) is 0 Å². The van der Waals surface area contributed by atoms with Gasteiger partial charge in [-0.05, 0) is 12.8 Å². The van der Waals surface area contributed by atoms with Crippen LogP contribution in [0.2, 0.25) is 0 Å². The van der Waals surface area contributed by atoms with Crippen molar-refractivity contribution < 1.29 is 10.2 Å². The van der Waals surface area contributed by atoms with Crippen LogP contribution in [0.1, 0.15) is 26.7 Å². The zero-order valence-corrected chi connectivity index (χ0v) is 6.14. The highest BCUT2D eigenvalue weighted by molar-refractivity contribution is 4.73. The third-order valence-corrected chi connectivity index (χ3v) is 2.11. The fourth-order valence-electron chi connectivity index (χ4n) is 0.700. The lowest BCUT2D eigenvalue weighted by Gasteiger charge is -2.23. The summed E-state index contributed by atoms with van der Waals surface area (Å²) >= 11 is 0. The van der Waals surface area contributed by atoms with Crippen LogP contribution in [0.15, 0.2) is 0 Å². The molecule has 9 heavy (non-hydrogen) atoms. The maximum absolute atomic E-state index is 10.4. The van der Waals surface area contributed by atoms with E-state index in [0.29, 0.717) is 0 Å². The molecule has 0 bridgehead atoms. The van der Waals surface area contributed by atoms with Gasteiger partial charge >= 0.3 is 0 Å². The Morgan fingerprint density at radius 1 is 1.00 bits per heavy atom. The summed E-state index contributed by atoms with van der Waals surface area (Å²) in [5.41, 5.74) is -0.444. The molecule has 2 nitrogen and oxygen atoms in total. The number of hydrogen-bond donors (Lipinski definition) is 0. The first-order valence-electron chi connectivity index (χ1n) is 3.41. The Morgan fingerprint density at radius 2 is 1.33 bits per heavy atom. The van der Waals surface area contributed by atoms with E-state index in [1.807, 2.05) is 13.8 Å².